The number of likely N-dealkylation sites (tertiary alicyclic amines) is 1. The van der Waals surface area contributed by atoms with Crippen LogP contribution in [0, 0.1) is 0 Å². The maximum atomic E-state index is 12.2. The lowest BCUT2D eigenvalue weighted by Crippen LogP contribution is -2.42. The van der Waals surface area contributed by atoms with Gasteiger partial charge < -0.3 is 14.7 Å². The number of hydrogen-bond donors (Lipinski definition) is 2. The van der Waals surface area contributed by atoms with E-state index in [2.05, 4.69) is 21.3 Å². The fraction of sp³-hybridized carbons (Fsp3) is 0.368. The lowest BCUT2D eigenvalue weighted by molar-refractivity contribution is -0.122. The monoisotopic (exact) mass is 338 g/mol. The number of rotatable bonds is 5. The van der Waals surface area contributed by atoms with Crippen LogP contribution in [-0.2, 0) is 11.3 Å². The zero-order valence-electron chi connectivity index (χ0n) is 14.1. The molecule has 1 amide bonds. The van der Waals surface area contributed by atoms with Crippen LogP contribution in [0.3, 0.4) is 0 Å². The van der Waals surface area contributed by atoms with Crippen molar-refractivity contribution in [2.24, 2.45) is 0 Å². The molecule has 1 saturated heterocycles. The molecule has 3 heterocycles. The molecule has 0 saturated carbocycles. The first-order valence-electron chi connectivity index (χ1n) is 8.74. The fourth-order valence-electron chi connectivity index (χ4n) is 3.45. The molecule has 3 aromatic rings. The number of piperidine rings is 1. The van der Waals surface area contributed by atoms with E-state index in [0.717, 1.165) is 48.5 Å². The van der Waals surface area contributed by atoms with Gasteiger partial charge in [-0.05, 0) is 43.7 Å². The Bertz CT molecular complexity index is 807. The summed E-state index contributed by atoms with van der Waals surface area (Å²) in [6.07, 6.45) is 3.79. The number of H-pyrrole nitrogens is 1. The summed E-state index contributed by atoms with van der Waals surface area (Å²) in [6, 6.07) is 11.8. The Kier molecular flexibility index (Phi) is 4.52. The molecule has 4 rings (SSSR count). The minimum absolute atomic E-state index is 0.0293. The third-order valence-electron chi connectivity index (χ3n) is 4.71. The van der Waals surface area contributed by atoms with E-state index in [1.165, 1.54) is 0 Å². The van der Waals surface area contributed by atoms with E-state index >= 15 is 0 Å². The molecule has 0 aliphatic carbocycles. The van der Waals surface area contributed by atoms with Gasteiger partial charge in [-0.25, -0.2) is 4.98 Å². The maximum absolute atomic E-state index is 12.2. The van der Waals surface area contributed by atoms with Crippen LogP contribution in [0.25, 0.3) is 11.0 Å². The quantitative estimate of drug-likeness (QED) is 0.750. The van der Waals surface area contributed by atoms with Crippen molar-refractivity contribution in [1.29, 1.82) is 0 Å². The Labute approximate surface area is 146 Å². The molecule has 0 spiro atoms. The number of nitrogens with zero attached hydrogens (tertiary/aromatic N) is 2. The van der Waals surface area contributed by atoms with Crippen LogP contribution < -0.4 is 5.32 Å². The van der Waals surface area contributed by atoms with Gasteiger partial charge in [0.2, 0.25) is 5.91 Å². The van der Waals surface area contributed by atoms with E-state index in [1.807, 2.05) is 30.3 Å². The van der Waals surface area contributed by atoms with Crippen molar-refractivity contribution in [2.45, 2.75) is 25.3 Å². The lowest BCUT2D eigenvalue weighted by atomic mass is 9.97. The van der Waals surface area contributed by atoms with Crippen LogP contribution in [0.15, 0.2) is 47.1 Å². The number of aromatic amines is 1. The highest BCUT2D eigenvalue weighted by Crippen LogP contribution is 2.26. The number of nitrogens with one attached hydrogen (secondary N) is 2. The molecule has 1 aliphatic heterocycles. The summed E-state index contributed by atoms with van der Waals surface area (Å²) in [5, 5.41) is 2.91. The van der Waals surface area contributed by atoms with Gasteiger partial charge in [0, 0.05) is 12.5 Å². The number of aromatic nitrogens is 2. The second-order valence-corrected chi connectivity index (χ2v) is 6.57. The molecule has 0 unspecified atom stereocenters. The van der Waals surface area contributed by atoms with Crippen molar-refractivity contribution in [3.8, 4) is 0 Å². The van der Waals surface area contributed by atoms with E-state index < -0.39 is 0 Å². The first-order valence-corrected chi connectivity index (χ1v) is 8.74. The second kappa shape index (κ2) is 7.11. The smallest absolute Gasteiger partial charge is 0.234 e. The van der Waals surface area contributed by atoms with Crippen LogP contribution in [-0.4, -0.2) is 40.4 Å². The van der Waals surface area contributed by atoms with E-state index in [4.69, 9.17) is 9.40 Å². The Morgan fingerprint density at radius 3 is 3.08 bits per heavy atom. The van der Waals surface area contributed by atoms with E-state index in [1.54, 1.807) is 6.26 Å². The van der Waals surface area contributed by atoms with E-state index in [9.17, 15) is 4.79 Å². The minimum atomic E-state index is 0.0293. The third-order valence-corrected chi connectivity index (χ3v) is 4.71. The summed E-state index contributed by atoms with van der Waals surface area (Å²) in [7, 11) is 0. The fourth-order valence-corrected chi connectivity index (χ4v) is 3.45. The second-order valence-electron chi connectivity index (χ2n) is 6.57. The highest BCUT2D eigenvalue weighted by atomic mass is 16.3. The molecule has 25 heavy (non-hydrogen) atoms. The average Bonchev–Trinajstić information content (AvgIpc) is 3.29. The van der Waals surface area contributed by atoms with Crippen LogP contribution >= 0.6 is 0 Å². The lowest BCUT2D eigenvalue weighted by Gasteiger charge is -2.31. The van der Waals surface area contributed by atoms with Crippen molar-refractivity contribution in [3.63, 3.8) is 0 Å². The molecule has 2 N–H and O–H groups in total. The largest absolute Gasteiger partial charge is 0.467 e. The molecular weight excluding hydrogens is 316 g/mol. The highest BCUT2D eigenvalue weighted by molar-refractivity contribution is 5.78. The number of furan rings is 1. The van der Waals surface area contributed by atoms with Gasteiger partial charge in [0.1, 0.15) is 11.6 Å². The Morgan fingerprint density at radius 2 is 2.24 bits per heavy atom. The molecule has 1 fully saturated rings. The SMILES string of the molecule is O=C(CN1CCC[C@@H](c2nc3ccccc3[nH]2)C1)NCc1ccco1. The summed E-state index contributed by atoms with van der Waals surface area (Å²) in [5.41, 5.74) is 2.08. The number of benzene rings is 1. The number of imidazole rings is 1. The molecule has 0 radical (unpaired) electrons. The Hall–Kier alpha value is -2.60. The van der Waals surface area contributed by atoms with Crippen LogP contribution in [0.4, 0.5) is 0 Å². The summed E-state index contributed by atoms with van der Waals surface area (Å²) in [6.45, 7) is 2.66. The molecule has 1 aliphatic rings. The van der Waals surface area contributed by atoms with Crippen molar-refractivity contribution >= 4 is 16.9 Å². The number of carbonyl (C=O) groups excluding carboxylic acids is 1. The van der Waals surface area contributed by atoms with Gasteiger partial charge >= 0.3 is 0 Å². The third kappa shape index (κ3) is 3.74. The molecule has 6 nitrogen and oxygen atoms in total. The number of hydrogen-bond acceptors (Lipinski definition) is 4. The first kappa shape index (κ1) is 15.9. The van der Waals surface area contributed by atoms with Gasteiger partial charge in [-0.1, -0.05) is 12.1 Å². The minimum Gasteiger partial charge on any atom is -0.467 e. The molecule has 1 aromatic carbocycles. The molecule has 6 heteroatoms. The topological polar surface area (TPSA) is 74.2 Å². The van der Waals surface area contributed by atoms with Gasteiger partial charge in [-0.2, -0.15) is 0 Å². The summed E-state index contributed by atoms with van der Waals surface area (Å²) in [4.78, 5) is 22.5. The predicted octanol–water partition coefficient (Wildman–Crippen LogP) is 2.65. The summed E-state index contributed by atoms with van der Waals surface area (Å²) in [5.74, 6) is 2.18. The van der Waals surface area contributed by atoms with Crippen molar-refractivity contribution < 1.29 is 9.21 Å². The number of amides is 1. The first-order chi connectivity index (χ1) is 12.3. The average molecular weight is 338 g/mol. The highest BCUT2D eigenvalue weighted by Gasteiger charge is 2.25. The predicted molar refractivity (Wildman–Crippen MR) is 95.1 cm³/mol. The van der Waals surface area contributed by atoms with Gasteiger partial charge in [0.15, 0.2) is 0 Å². The summed E-state index contributed by atoms with van der Waals surface area (Å²) < 4.78 is 5.24. The van der Waals surface area contributed by atoms with Gasteiger partial charge in [0.05, 0.1) is 30.4 Å². The van der Waals surface area contributed by atoms with Crippen LogP contribution in [0.5, 0.6) is 0 Å². The van der Waals surface area contributed by atoms with Crippen LogP contribution in [0.2, 0.25) is 0 Å². The van der Waals surface area contributed by atoms with Gasteiger partial charge in [-0.3, -0.25) is 9.69 Å². The zero-order chi connectivity index (χ0) is 17.1. The molecule has 2 aromatic heterocycles. The zero-order valence-corrected chi connectivity index (χ0v) is 14.1. The molecule has 130 valence electrons. The molecular formula is C19H22N4O2. The standard InChI is InChI=1S/C19H22N4O2/c24-18(20-11-15-6-4-10-25-15)13-23-9-3-5-14(12-23)19-21-16-7-1-2-8-17(16)22-19/h1-2,4,6-8,10,14H,3,5,9,11-13H2,(H,20,24)(H,21,22)/t14-/m1/s1. The number of carbonyl (C=O) groups is 1. The van der Waals surface area contributed by atoms with Crippen molar-refractivity contribution in [1.82, 2.24) is 20.2 Å². The van der Waals surface area contributed by atoms with Gasteiger partial charge in [-0.15, -0.1) is 0 Å². The van der Waals surface area contributed by atoms with Crippen molar-refractivity contribution in [2.75, 3.05) is 19.6 Å². The van der Waals surface area contributed by atoms with Crippen molar-refractivity contribution in [3.05, 3.63) is 54.2 Å². The van der Waals surface area contributed by atoms with Gasteiger partial charge in [0.25, 0.3) is 0 Å². The Balaban J connectivity index is 1.34. The molecule has 1 atom stereocenters. The van der Waals surface area contributed by atoms with E-state index in [0.29, 0.717) is 19.0 Å². The van der Waals surface area contributed by atoms with Crippen LogP contribution in [0.1, 0.15) is 30.3 Å². The number of fused-ring (bicyclic) bond motifs is 1. The molecule has 0 bridgehead atoms. The summed E-state index contributed by atoms with van der Waals surface area (Å²) >= 11 is 0. The maximum Gasteiger partial charge on any atom is 0.234 e. The Morgan fingerprint density at radius 1 is 1.32 bits per heavy atom. The van der Waals surface area contributed by atoms with E-state index in [-0.39, 0.29) is 5.91 Å². The number of para-hydroxylation sites is 2. The normalized spacial score (nSPS) is 18.5.